The molecular formula is C12H14ClNO2S. The first-order valence-corrected chi connectivity index (χ1v) is 5.76. The summed E-state index contributed by atoms with van der Waals surface area (Å²) in [6, 6.07) is 8.96. The minimum absolute atomic E-state index is 0. The Kier molecular flexibility index (Phi) is 4.81. The molecule has 0 aliphatic rings. The van der Waals surface area contributed by atoms with Crippen molar-refractivity contribution in [2.24, 2.45) is 5.73 Å². The molecule has 2 aromatic rings. The van der Waals surface area contributed by atoms with Crippen LogP contribution >= 0.6 is 23.7 Å². The molecule has 1 aromatic carbocycles. The lowest BCUT2D eigenvalue weighted by Crippen LogP contribution is -2.10. The van der Waals surface area contributed by atoms with E-state index < -0.39 is 0 Å². The van der Waals surface area contributed by atoms with Gasteiger partial charge in [0.05, 0.1) is 13.2 Å². The summed E-state index contributed by atoms with van der Waals surface area (Å²) in [6.07, 6.45) is 0. The number of halogens is 1. The summed E-state index contributed by atoms with van der Waals surface area (Å²) in [5.74, 6) is 0.578. The summed E-state index contributed by atoms with van der Waals surface area (Å²) in [7, 11) is 1.52. The minimum Gasteiger partial charge on any atom is -0.504 e. The van der Waals surface area contributed by atoms with Crippen LogP contribution < -0.4 is 10.5 Å². The van der Waals surface area contributed by atoms with E-state index in [1.165, 1.54) is 7.11 Å². The van der Waals surface area contributed by atoms with Gasteiger partial charge < -0.3 is 15.6 Å². The van der Waals surface area contributed by atoms with Gasteiger partial charge in [0.15, 0.2) is 11.5 Å². The molecule has 5 heteroatoms. The Labute approximate surface area is 110 Å². The van der Waals surface area contributed by atoms with Crippen molar-refractivity contribution in [1.29, 1.82) is 0 Å². The number of aromatic hydroxyl groups is 1. The molecule has 0 radical (unpaired) electrons. The largest absolute Gasteiger partial charge is 0.504 e. The van der Waals surface area contributed by atoms with Gasteiger partial charge >= 0.3 is 0 Å². The van der Waals surface area contributed by atoms with E-state index in [1.54, 1.807) is 23.5 Å². The van der Waals surface area contributed by atoms with Gasteiger partial charge in [0, 0.05) is 4.88 Å². The predicted molar refractivity (Wildman–Crippen MR) is 72.3 cm³/mol. The highest BCUT2D eigenvalue weighted by atomic mass is 35.5. The zero-order valence-electron chi connectivity index (χ0n) is 9.29. The van der Waals surface area contributed by atoms with Crippen molar-refractivity contribution in [2.75, 3.05) is 7.11 Å². The van der Waals surface area contributed by atoms with Crippen LogP contribution in [0.5, 0.6) is 11.5 Å². The smallest absolute Gasteiger partial charge is 0.160 e. The molecule has 17 heavy (non-hydrogen) atoms. The molecule has 2 rings (SSSR count). The molecule has 0 amide bonds. The first-order chi connectivity index (χ1) is 7.72. The standard InChI is InChI=1S/C12H13NO2S.ClH/c1-15-10-7-8(4-5-9(10)14)12(13)11-3-2-6-16-11;/h2-7,12,14H,13H2,1H3;1H/t12-;/m1./s1. The Balaban J connectivity index is 0.00000144. The van der Waals surface area contributed by atoms with Crippen molar-refractivity contribution < 1.29 is 9.84 Å². The summed E-state index contributed by atoms with van der Waals surface area (Å²) in [6.45, 7) is 0. The lowest BCUT2D eigenvalue weighted by Gasteiger charge is -2.12. The average Bonchev–Trinajstić information content (AvgIpc) is 2.82. The van der Waals surface area contributed by atoms with Crippen molar-refractivity contribution >= 4 is 23.7 Å². The molecule has 0 aliphatic carbocycles. The van der Waals surface area contributed by atoms with Crippen LogP contribution in [0.1, 0.15) is 16.5 Å². The number of nitrogens with two attached hydrogens (primary N) is 1. The molecule has 0 spiro atoms. The summed E-state index contributed by atoms with van der Waals surface area (Å²) >= 11 is 1.62. The third kappa shape index (κ3) is 2.91. The molecule has 0 fully saturated rings. The van der Waals surface area contributed by atoms with Gasteiger partial charge in [-0.3, -0.25) is 0 Å². The Bertz CT molecular complexity index is 473. The lowest BCUT2D eigenvalue weighted by molar-refractivity contribution is 0.373. The SMILES string of the molecule is COc1cc([C@@H](N)c2cccs2)ccc1O.Cl. The molecule has 0 bridgehead atoms. The Hall–Kier alpha value is -1.23. The number of ether oxygens (including phenoxy) is 1. The molecule has 0 unspecified atom stereocenters. The van der Waals surface area contributed by atoms with E-state index in [-0.39, 0.29) is 24.2 Å². The average molecular weight is 272 g/mol. The van der Waals surface area contributed by atoms with E-state index in [0.717, 1.165) is 10.4 Å². The first-order valence-electron chi connectivity index (χ1n) is 4.88. The topological polar surface area (TPSA) is 55.5 Å². The Morgan fingerprint density at radius 1 is 1.35 bits per heavy atom. The zero-order chi connectivity index (χ0) is 11.5. The molecule has 3 N–H and O–H groups in total. The maximum Gasteiger partial charge on any atom is 0.160 e. The van der Waals surface area contributed by atoms with Gasteiger partial charge in [0.25, 0.3) is 0 Å². The lowest BCUT2D eigenvalue weighted by atomic mass is 10.1. The summed E-state index contributed by atoms with van der Waals surface area (Å²) in [4.78, 5) is 1.09. The zero-order valence-corrected chi connectivity index (χ0v) is 10.9. The van der Waals surface area contributed by atoms with Gasteiger partial charge in [-0.1, -0.05) is 12.1 Å². The highest BCUT2D eigenvalue weighted by molar-refractivity contribution is 7.10. The molecule has 0 aliphatic heterocycles. The quantitative estimate of drug-likeness (QED) is 0.902. The number of methoxy groups -OCH3 is 1. The van der Waals surface area contributed by atoms with Crippen LogP contribution in [0.2, 0.25) is 0 Å². The fourth-order valence-corrected chi connectivity index (χ4v) is 2.27. The third-order valence-corrected chi connectivity index (χ3v) is 3.37. The fourth-order valence-electron chi connectivity index (χ4n) is 1.52. The number of phenolic OH excluding ortho intramolecular Hbond substituents is 1. The monoisotopic (exact) mass is 271 g/mol. The Morgan fingerprint density at radius 3 is 2.71 bits per heavy atom. The van der Waals surface area contributed by atoms with Crippen molar-refractivity contribution in [2.45, 2.75) is 6.04 Å². The molecule has 1 aromatic heterocycles. The van der Waals surface area contributed by atoms with Crippen LogP contribution in [-0.4, -0.2) is 12.2 Å². The van der Waals surface area contributed by atoms with Crippen molar-refractivity contribution in [3.05, 3.63) is 46.2 Å². The van der Waals surface area contributed by atoms with Gasteiger partial charge in [-0.15, -0.1) is 23.7 Å². The minimum atomic E-state index is -0.172. The summed E-state index contributed by atoms with van der Waals surface area (Å²) < 4.78 is 5.05. The number of thiophene rings is 1. The number of hydrogen-bond acceptors (Lipinski definition) is 4. The molecule has 1 heterocycles. The molecule has 0 saturated heterocycles. The van der Waals surface area contributed by atoms with E-state index >= 15 is 0 Å². The third-order valence-electron chi connectivity index (χ3n) is 2.41. The van der Waals surface area contributed by atoms with E-state index in [1.807, 2.05) is 23.6 Å². The first kappa shape index (κ1) is 13.8. The molecule has 0 saturated carbocycles. The van der Waals surface area contributed by atoms with Gasteiger partial charge in [-0.05, 0) is 29.1 Å². The second kappa shape index (κ2) is 5.91. The van der Waals surface area contributed by atoms with E-state index in [2.05, 4.69) is 0 Å². The van der Waals surface area contributed by atoms with Gasteiger partial charge in [-0.2, -0.15) is 0 Å². The van der Waals surface area contributed by atoms with Crippen molar-refractivity contribution in [1.82, 2.24) is 0 Å². The van der Waals surface area contributed by atoms with Gasteiger partial charge in [-0.25, -0.2) is 0 Å². The predicted octanol–water partition coefficient (Wildman–Crippen LogP) is 2.93. The Morgan fingerprint density at radius 2 is 2.12 bits per heavy atom. The fraction of sp³-hybridized carbons (Fsp3) is 0.167. The maximum atomic E-state index is 9.48. The van der Waals surface area contributed by atoms with Crippen LogP contribution in [0.15, 0.2) is 35.7 Å². The number of rotatable bonds is 3. The highest BCUT2D eigenvalue weighted by Gasteiger charge is 2.12. The van der Waals surface area contributed by atoms with Crippen LogP contribution in [0.4, 0.5) is 0 Å². The maximum absolute atomic E-state index is 9.48. The molecule has 1 atom stereocenters. The van der Waals surface area contributed by atoms with E-state index in [9.17, 15) is 5.11 Å². The van der Waals surface area contributed by atoms with Gasteiger partial charge in [0.2, 0.25) is 0 Å². The number of phenols is 1. The van der Waals surface area contributed by atoms with Crippen LogP contribution in [0.25, 0.3) is 0 Å². The highest BCUT2D eigenvalue weighted by Crippen LogP contribution is 2.31. The molecule has 92 valence electrons. The second-order valence-corrected chi connectivity index (χ2v) is 4.40. The van der Waals surface area contributed by atoms with Gasteiger partial charge in [0.1, 0.15) is 0 Å². The number of hydrogen-bond donors (Lipinski definition) is 2. The second-order valence-electron chi connectivity index (χ2n) is 3.42. The summed E-state index contributed by atoms with van der Waals surface area (Å²) in [5, 5.41) is 11.5. The van der Waals surface area contributed by atoms with Crippen LogP contribution in [0.3, 0.4) is 0 Å². The number of benzene rings is 1. The van der Waals surface area contributed by atoms with E-state index in [0.29, 0.717) is 5.75 Å². The van der Waals surface area contributed by atoms with Crippen LogP contribution in [-0.2, 0) is 0 Å². The molecule has 3 nitrogen and oxygen atoms in total. The van der Waals surface area contributed by atoms with Crippen LogP contribution in [0, 0.1) is 0 Å². The van der Waals surface area contributed by atoms with Crippen molar-refractivity contribution in [3.8, 4) is 11.5 Å². The van der Waals surface area contributed by atoms with E-state index in [4.69, 9.17) is 10.5 Å². The molecular weight excluding hydrogens is 258 g/mol. The summed E-state index contributed by atoms with van der Waals surface area (Å²) in [5.41, 5.74) is 7.04. The van der Waals surface area contributed by atoms with Crippen molar-refractivity contribution in [3.63, 3.8) is 0 Å². The normalized spacial score (nSPS) is 11.6.